The molecule has 0 fully saturated rings. The lowest BCUT2D eigenvalue weighted by molar-refractivity contribution is -0.873. The monoisotopic (exact) mass is 346 g/mol. The van der Waals surface area contributed by atoms with Crippen LogP contribution in [0.3, 0.4) is 0 Å². The molecule has 4 nitrogen and oxygen atoms in total. The summed E-state index contributed by atoms with van der Waals surface area (Å²) in [5, 5.41) is 2.34. The molecule has 4 rings (SSSR count). The lowest BCUT2D eigenvalue weighted by Gasteiger charge is -2.02. The second-order valence-corrected chi connectivity index (χ2v) is 6.16. The van der Waals surface area contributed by atoms with Crippen LogP contribution in [0.1, 0.15) is 12.8 Å². The Bertz CT molecular complexity index is 923. The SMILES string of the molecule is c1ccc2c(c1)ccc[n+]2OCCCCO[n+]1cccc2ccccc21. The second-order valence-electron chi connectivity index (χ2n) is 6.16. The van der Waals surface area contributed by atoms with Crippen molar-refractivity contribution in [2.45, 2.75) is 12.8 Å². The lowest BCUT2D eigenvalue weighted by Crippen LogP contribution is -2.44. The number of nitrogens with zero attached hydrogens (tertiary/aromatic N) is 2. The Morgan fingerprint density at radius 2 is 0.962 bits per heavy atom. The van der Waals surface area contributed by atoms with E-state index in [-0.39, 0.29) is 0 Å². The molecule has 0 amide bonds. The average Bonchev–Trinajstić information content (AvgIpc) is 2.71. The number of hydrogen-bond donors (Lipinski definition) is 0. The molecule has 0 saturated heterocycles. The first-order valence-electron chi connectivity index (χ1n) is 8.97. The Morgan fingerprint density at radius 3 is 1.46 bits per heavy atom. The molecule has 0 aliphatic carbocycles. The van der Waals surface area contributed by atoms with E-state index >= 15 is 0 Å². The summed E-state index contributed by atoms with van der Waals surface area (Å²) in [4.78, 5) is 11.8. The summed E-state index contributed by atoms with van der Waals surface area (Å²) in [7, 11) is 0. The third-order valence-corrected chi connectivity index (χ3v) is 4.34. The normalized spacial score (nSPS) is 10.9. The highest BCUT2D eigenvalue weighted by atomic mass is 16.7. The van der Waals surface area contributed by atoms with Crippen LogP contribution in [0, 0.1) is 0 Å². The number of unbranched alkanes of at least 4 members (excludes halogenated alkanes) is 1. The van der Waals surface area contributed by atoms with E-state index in [0.717, 1.165) is 23.9 Å². The van der Waals surface area contributed by atoms with Gasteiger partial charge in [0.15, 0.2) is 13.2 Å². The Balaban J connectivity index is 1.28. The molecular weight excluding hydrogens is 324 g/mol. The Labute approximate surface area is 152 Å². The molecule has 0 unspecified atom stereocenters. The molecule has 2 aromatic carbocycles. The van der Waals surface area contributed by atoms with Gasteiger partial charge >= 0.3 is 0 Å². The van der Waals surface area contributed by atoms with Crippen LogP contribution in [0.15, 0.2) is 85.2 Å². The molecular formula is C22H22N2O2+2. The molecule has 0 saturated carbocycles. The van der Waals surface area contributed by atoms with Crippen LogP contribution in [0.5, 0.6) is 0 Å². The number of hydrogen-bond acceptors (Lipinski definition) is 2. The molecule has 0 aliphatic rings. The standard InChI is InChI=1S/C22H22N2O2/c1-3-13-21-19(9-1)11-7-15-23(21)25-17-5-6-18-26-24-16-8-12-20-10-2-4-14-22(20)24/h1-4,7-16H,5-6,17-18H2/q+2. The first-order chi connectivity index (χ1) is 12.9. The third kappa shape index (κ3) is 3.59. The highest BCUT2D eigenvalue weighted by molar-refractivity contribution is 5.75. The zero-order valence-corrected chi connectivity index (χ0v) is 14.6. The molecule has 0 atom stereocenters. The quantitative estimate of drug-likeness (QED) is 0.380. The zero-order valence-electron chi connectivity index (χ0n) is 14.6. The van der Waals surface area contributed by atoms with Crippen LogP contribution in [-0.2, 0) is 0 Å². The van der Waals surface area contributed by atoms with E-state index in [4.69, 9.17) is 9.68 Å². The predicted octanol–water partition coefficient (Wildman–Crippen LogP) is 2.91. The van der Waals surface area contributed by atoms with Gasteiger partial charge in [-0.15, -0.1) is 0 Å². The van der Waals surface area contributed by atoms with Gasteiger partial charge in [-0.05, 0) is 37.1 Å². The molecule has 4 heteroatoms. The van der Waals surface area contributed by atoms with Crippen LogP contribution in [-0.4, -0.2) is 13.2 Å². The number of benzene rings is 2. The number of aromatic nitrogens is 2. The van der Waals surface area contributed by atoms with Crippen LogP contribution < -0.4 is 19.1 Å². The van der Waals surface area contributed by atoms with Crippen molar-refractivity contribution in [1.82, 2.24) is 0 Å². The molecule has 0 aliphatic heterocycles. The third-order valence-electron chi connectivity index (χ3n) is 4.34. The molecule has 2 aromatic heterocycles. The predicted molar refractivity (Wildman–Crippen MR) is 100 cm³/mol. The van der Waals surface area contributed by atoms with Crippen molar-refractivity contribution in [2.24, 2.45) is 0 Å². The summed E-state index contributed by atoms with van der Waals surface area (Å²) >= 11 is 0. The second kappa shape index (κ2) is 7.83. The highest BCUT2D eigenvalue weighted by Crippen LogP contribution is 2.08. The van der Waals surface area contributed by atoms with Gasteiger partial charge in [-0.1, -0.05) is 24.3 Å². The van der Waals surface area contributed by atoms with Gasteiger partial charge in [-0.3, -0.25) is 9.68 Å². The summed E-state index contributed by atoms with van der Waals surface area (Å²) in [6, 6.07) is 24.6. The Hall–Kier alpha value is -3.14. The van der Waals surface area contributed by atoms with Gasteiger partial charge in [0, 0.05) is 33.7 Å². The van der Waals surface area contributed by atoms with Crippen LogP contribution in [0.2, 0.25) is 0 Å². The van der Waals surface area contributed by atoms with E-state index in [1.54, 1.807) is 0 Å². The minimum Gasteiger partial charge on any atom is -0.271 e. The number of fused-ring (bicyclic) bond motifs is 2. The van der Waals surface area contributed by atoms with Crippen molar-refractivity contribution in [3.8, 4) is 0 Å². The fourth-order valence-electron chi connectivity index (χ4n) is 3.02. The van der Waals surface area contributed by atoms with E-state index in [1.165, 1.54) is 10.8 Å². The van der Waals surface area contributed by atoms with E-state index < -0.39 is 0 Å². The molecule has 4 aromatic rings. The number of pyridine rings is 2. The Morgan fingerprint density at radius 1 is 0.538 bits per heavy atom. The van der Waals surface area contributed by atoms with Gasteiger partial charge in [0.25, 0.3) is 11.0 Å². The van der Waals surface area contributed by atoms with Gasteiger partial charge in [0.2, 0.25) is 12.4 Å². The molecule has 26 heavy (non-hydrogen) atoms. The smallest absolute Gasteiger partial charge is 0.264 e. The van der Waals surface area contributed by atoms with Crippen LogP contribution >= 0.6 is 0 Å². The van der Waals surface area contributed by atoms with Gasteiger partial charge in [-0.2, -0.15) is 0 Å². The van der Waals surface area contributed by atoms with Crippen molar-refractivity contribution in [3.05, 3.63) is 85.2 Å². The van der Waals surface area contributed by atoms with Crippen molar-refractivity contribution < 1.29 is 19.1 Å². The van der Waals surface area contributed by atoms with E-state index in [0.29, 0.717) is 13.2 Å². The summed E-state index contributed by atoms with van der Waals surface area (Å²) < 4.78 is 3.69. The van der Waals surface area contributed by atoms with Gasteiger partial charge in [0.05, 0.1) is 10.8 Å². The fourth-order valence-corrected chi connectivity index (χ4v) is 3.02. The minimum atomic E-state index is 0.655. The van der Waals surface area contributed by atoms with E-state index in [1.807, 2.05) is 58.3 Å². The maximum Gasteiger partial charge on any atom is 0.264 e. The van der Waals surface area contributed by atoms with Crippen molar-refractivity contribution in [3.63, 3.8) is 0 Å². The topological polar surface area (TPSA) is 26.2 Å². The minimum absolute atomic E-state index is 0.655. The van der Waals surface area contributed by atoms with Crippen molar-refractivity contribution in [1.29, 1.82) is 0 Å². The number of rotatable bonds is 7. The number of para-hydroxylation sites is 2. The van der Waals surface area contributed by atoms with Gasteiger partial charge < -0.3 is 0 Å². The first kappa shape index (κ1) is 16.3. The highest BCUT2D eigenvalue weighted by Gasteiger charge is 2.10. The van der Waals surface area contributed by atoms with E-state index in [9.17, 15) is 0 Å². The zero-order chi connectivity index (χ0) is 17.6. The van der Waals surface area contributed by atoms with Crippen molar-refractivity contribution >= 4 is 21.8 Å². The first-order valence-corrected chi connectivity index (χ1v) is 8.97. The lowest BCUT2D eigenvalue weighted by atomic mass is 10.2. The maximum absolute atomic E-state index is 5.90. The van der Waals surface area contributed by atoms with E-state index in [2.05, 4.69) is 36.4 Å². The molecule has 0 N–H and O–H groups in total. The summed E-state index contributed by atoms with van der Waals surface area (Å²) in [5.41, 5.74) is 2.16. The van der Waals surface area contributed by atoms with Crippen LogP contribution in [0.4, 0.5) is 0 Å². The molecule has 130 valence electrons. The largest absolute Gasteiger partial charge is 0.271 e. The summed E-state index contributed by atoms with van der Waals surface area (Å²) in [6.45, 7) is 1.31. The fraction of sp³-hybridized carbons (Fsp3) is 0.182. The molecule has 2 heterocycles. The van der Waals surface area contributed by atoms with Crippen molar-refractivity contribution in [2.75, 3.05) is 13.2 Å². The molecule has 0 radical (unpaired) electrons. The summed E-state index contributed by atoms with van der Waals surface area (Å²) in [6.07, 6.45) is 5.76. The van der Waals surface area contributed by atoms with Gasteiger partial charge in [-0.25, -0.2) is 0 Å². The Kier molecular flexibility index (Phi) is 4.92. The summed E-state index contributed by atoms with van der Waals surface area (Å²) in [5.74, 6) is 0. The molecule has 0 spiro atoms. The molecule has 0 bridgehead atoms. The maximum atomic E-state index is 5.90. The average molecular weight is 346 g/mol. The van der Waals surface area contributed by atoms with Gasteiger partial charge in [0.1, 0.15) is 0 Å². The van der Waals surface area contributed by atoms with Crippen LogP contribution in [0.25, 0.3) is 21.8 Å².